The summed E-state index contributed by atoms with van der Waals surface area (Å²) in [5.41, 5.74) is 0.974. The van der Waals surface area contributed by atoms with Crippen molar-refractivity contribution < 1.29 is 9.53 Å². The molecule has 0 spiro atoms. The first kappa shape index (κ1) is 14.0. The molecule has 5 heteroatoms. The number of nitrogens with zero attached hydrogens (tertiary/aromatic N) is 1. The van der Waals surface area contributed by atoms with Gasteiger partial charge in [-0.1, -0.05) is 6.08 Å². The first-order valence-electron chi connectivity index (χ1n) is 6.38. The maximum Gasteiger partial charge on any atom is 0.257 e. The molecule has 1 unspecified atom stereocenters. The molecule has 1 saturated heterocycles. The largest absolute Gasteiger partial charge is 0.490 e. The summed E-state index contributed by atoms with van der Waals surface area (Å²) in [7, 11) is 0. The van der Waals surface area contributed by atoms with Crippen LogP contribution in [0.1, 0.15) is 12.8 Å². The second-order valence-corrected chi connectivity index (χ2v) is 4.73. The van der Waals surface area contributed by atoms with Gasteiger partial charge in [0, 0.05) is 6.21 Å². The molecule has 1 aliphatic carbocycles. The lowest BCUT2D eigenvalue weighted by atomic mass is 9.91. The van der Waals surface area contributed by atoms with Gasteiger partial charge in [-0.25, -0.2) is 4.99 Å². The molecule has 19 heavy (non-hydrogen) atoms. The Balaban J connectivity index is 0.00000133. The summed E-state index contributed by atoms with van der Waals surface area (Å²) in [6, 6.07) is 0. The summed E-state index contributed by atoms with van der Waals surface area (Å²) < 4.78 is 5.95. The van der Waals surface area contributed by atoms with Crippen molar-refractivity contribution in [3.8, 4) is 0 Å². The third-order valence-corrected chi connectivity index (χ3v) is 3.44. The van der Waals surface area contributed by atoms with Crippen LogP contribution in [0.15, 0.2) is 40.6 Å². The second-order valence-electron chi connectivity index (χ2n) is 4.73. The van der Waals surface area contributed by atoms with Crippen molar-refractivity contribution in [2.24, 2.45) is 10.9 Å². The number of allylic oxidation sites excluding steroid dienone is 3. The van der Waals surface area contributed by atoms with Crippen molar-refractivity contribution in [3.05, 3.63) is 35.6 Å². The topological polar surface area (TPSA) is 50.7 Å². The molecule has 0 aromatic rings. The van der Waals surface area contributed by atoms with E-state index in [1.165, 1.54) is 0 Å². The maximum absolute atomic E-state index is 11.6. The van der Waals surface area contributed by atoms with E-state index in [9.17, 15) is 4.79 Å². The molecule has 2 aliphatic heterocycles. The number of rotatable bonds is 2. The molecule has 0 bridgehead atoms. The highest BCUT2D eigenvalue weighted by Crippen LogP contribution is 2.27. The van der Waals surface area contributed by atoms with Gasteiger partial charge in [-0.15, -0.1) is 12.4 Å². The zero-order valence-corrected chi connectivity index (χ0v) is 11.4. The summed E-state index contributed by atoms with van der Waals surface area (Å²) in [4.78, 5) is 15.3. The number of carbonyl (C=O) groups excluding carboxylic acids is 1. The van der Waals surface area contributed by atoms with Crippen LogP contribution >= 0.6 is 12.4 Å². The van der Waals surface area contributed by atoms with Crippen LogP contribution in [0.25, 0.3) is 0 Å². The Kier molecular flexibility index (Phi) is 4.56. The highest BCUT2D eigenvalue weighted by Gasteiger charge is 2.24. The molecule has 3 rings (SSSR count). The molecule has 1 atom stereocenters. The summed E-state index contributed by atoms with van der Waals surface area (Å²) in [5, 5.41) is 3.31. The number of aliphatic imine (C=N–C) groups is 1. The van der Waals surface area contributed by atoms with E-state index in [0.29, 0.717) is 0 Å². The standard InChI is InChI=1S/C14H16N2O2.ClH/c17-14-13-2-1-12(9-10(13)3-8-16-14)18-11-4-6-15-7-5-11;/h1-3,8-9,11,13,15H,4-7H2;1H. The normalized spacial score (nSPS) is 26.1. The van der Waals surface area contributed by atoms with Crippen molar-refractivity contribution in [2.75, 3.05) is 13.1 Å². The minimum absolute atomic E-state index is 0. The van der Waals surface area contributed by atoms with Gasteiger partial charge in [0.1, 0.15) is 11.9 Å². The van der Waals surface area contributed by atoms with Crippen LogP contribution in [0.4, 0.5) is 0 Å². The fraction of sp³-hybridized carbons (Fsp3) is 0.429. The fourth-order valence-electron chi connectivity index (χ4n) is 2.44. The number of hydrogen-bond acceptors (Lipinski definition) is 3. The lowest BCUT2D eigenvalue weighted by Gasteiger charge is -2.26. The summed E-state index contributed by atoms with van der Waals surface area (Å²) in [6.07, 6.45) is 11.5. The lowest BCUT2D eigenvalue weighted by Crippen LogP contribution is -2.32. The monoisotopic (exact) mass is 280 g/mol. The first-order chi connectivity index (χ1) is 8.83. The van der Waals surface area contributed by atoms with Crippen molar-refractivity contribution in [1.82, 2.24) is 5.32 Å². The Hall–Kier alpha value is -1.39. The minimum Gasteiger partial charge on any atom is -0.490 e. The zero-order chi connectivity index (χ0) is 12.4. The molecular weight excluding hydrogens is 264 g/mol. The van der Waals surface area contributed by atoms with E-state index < -0.39 is 0 Å². The highest BCUT2D eigenvalue weighted by atomic mass is 35.5. The van der Waals surface area contributed by atoms with Crippen LogP contribution in [0.3, 0.4) is 0 Å². The smallest absolute Gasteiger partial charge is 0.257 e. The molecule has 1 fully saturated rings. The number of piperidine rings is 1. The quantitative estimate of drug-likeness (QED) is 0.839. The van der Waals surface area contributed by atoms with Gasteiger partial charge < -0.3 is 10.1 Å². The Morgan fingerprint density at radius 3 is 2.89 bits per heavy atom. The first-order valence-corrected chi connectivity index (χ1v) is 6.38. The summed E-state index contributed by atoms with van der Waals surface area (Å²) in [5.74, 6) is 0.545. The number of dihydropyridines is 1. The minimum atomic E-state index is -0.213. The average molecular weight is 281 g/mol. The van der Waals surface area contributed by atoms with Gasteiger partial charge in [0.25, 0.3) is 5.91 Å². The molecule has 0 saturated carbocycles. The zero-order valence-electron chi connectivity index (χ0n) is 10.5. The molecule has 2 heterocycles. The van der Waals surface area contributed by atoms with E-state index in [-0.39, 0.29) is 30.3 Å². The van der Waals surface area contributed by atoms with Gasteiger partial charge in [0.15, 0.2) is 0 Å². The number of nitrogens with one attached hydrogen (secondary N) is 1. The maximum atomic E-state index is 11.6. The predicted octanol–water partition coefficient (Wildman–Crippen LogP) is 1.78. The van der Waals surface area contributed by atoms with Crippen LogP contribution in [0.5, 0.6) is 0 Å². The molecule has 4 nitrogen and oxygen atoms in total. The fourth-order valence-corrected chi connectivity index (χ4v) is 2.44. The third-order valence-electron chi connectivity index (χ3n) is 3.44. The summed E-state index contributed by atoms with van der Waals surface area (Å²) >= 11 is 0. The van der Waals surface area contributed by atoms with Crippen molar-refractivity contribution in [2.45, 2.75) is 18.9 Å². The second kappa shape index (κ2) is 6.17. The van der Waals surface area contributed by atoms with E-state index >= 15 is 0 Å². The predicted molar refractivity (Wildman–Crippen MR) is 76.5 cm³/mol. The molecule has 1 amide bonds. The number of ether oxygens (including phenoxy) is 1. The van der Waals surface area contributed by atoms with Crippen LogP contribution in [0, 0.1) is 5.92 Å². The van der Waals surface area contributed by atoms with Crippen molar-refractivity contribution in [1.29, 1.82) is 0 Å². The van der Waals surface area contributed by atoms with Crippen LogP contribution < -0.4 is 5.32 Å². The van der Waals surface area contributed by atoms with Crippen molar-refractivity contribution >= 4 is 24.5 Å². The molecule has 0 radical (unpaired) electrons. The number of carbonyl (C=O) groups is 1. The Morgan fingerprint density at radius 2 is 2.11 bits per heavy atom. The van der Waals surface area contributed by atoms with Gasteiger partial charge in [-0.05, 0) is 49.7 Å². The number of amides is 1. The van der Waals surface area contributed by atoms with Gasteiger partial charge in [-0.3, -0.25) is 4.79 Å². The average Bonchev–Trinajstić information content (AvgIpc) is 2.40. The highest BCUT2D eigenvalue weighted by molar-refractivity contribution is 5.97. The van der Waals surface area contributed by atoms with E-state index in [2.05, 4.69) is 10.3 Å². The van der Waals surface area contributed by atoms with Crippen molar-refractivity contribution in [3.63, 3.8) is 0 Å². The van der Waals surface area contributed by atoms with Gasteiger partial charge in [-0.2, -0.15) is 0 Å². The van der Waals surface area contributed by atoms with E-state index in [4.69, 9.17) is 4.74 Å². The van der Waals surface area contributed by atoms with Gasteiger partial charge in [0.05, 0.1) is 5.92 Å². The SMILES string of the molecule is Cl.O=C1N=CC=C2C=C(OC3CCNCC3)C=CC12. The van der Waals surface area contributed by atoms with E-state index in [1.807, 2.05) is 24.3 Å². The van der Waals surface area contributed by atoms with Gasteiger partial charge >= 0.3 is 0 Å². The number of halogens is 1. The molecular formula is C14H17ClN2O2. The molecule has 102 valence electrons. The Labute approximate surface area is 118 Å². The van der Waals surface area contributed by atoms with E-state index in [0.717, 1.165) is 37.3 Å². The summed E-state index contributed by atoms with van der Waals surface area (Å²) in [6.45, 7) is 2.02. The van der Waals surface area contributed by atoms with Crippen LogP contribution in [-0.2, 0) is 9.53 Å². The van der Waals surface area contributed by atoms with E-state index in [1.54, 1.807) is 6.21 Å². The number of hydrogen-bond donors (Lipinski definition) is 1. The Morgan fingerprint density at radius 1 is 1.32 bits per heavy atom. The Bertz CT molecular complexity index is 474. The molecule has 1 N–H and O–H groups in total. The van der Waals surface area contributed by atoms with Crippen LogP contribution in [-0.4, -0.2) is 31.3 Å². The lowest BCUT2D eigenvalue weighted by molar-refractivity contribution is -0.119. The molecule has 0 aromatic carbocycles. The number of fused-ring (bicyclic) bond motifs is 1. The molecule has 0 aromatic heterocycles. The van der Waals surface area contributed by atoms with Gasteiger partial charge in [0.2, 0.25) is 0 Å². The van der Waals surface area contributed by atoms with Crippen LogP contribution in [0.2, 0.25) is 0 Å². The molecule has 3 aliphatic rings. The third kappa shape index (κ3) is 3.14.